The highest BCUT2D eigenvalue weighted by Gasteiger charge is 2.22. The Morgan fingerprint density at radius 3 is 2.54 bits per heavy atom. The van der Waals surface area contributed by atoms with Gasteiger partial charge in [-0.25, -0.2) is 0 Å². The molecule has 0 unspecified atom stereocenters. The zero-order valence-electron chi connectivity index (χ0n) is 14.8. The summed E-state index contributed by atoms with van der Waals surface area (Å²) in [6, 6.07) is 7.85. The first kappa shape index (κ1) is 16.7. The highest BCUT2D eigenvalue weighted by molar-refractivity contribution is 5.94. The highest BCUT2D eigenvalue weighted by atomic mass is 16.2. The molecular formula is C19H26N4O. The summed E-state index contributed by atoms with van der Waals surface area (Å²) in [4.78, 5) is 17.0. The van der Waals surface area contributed by atoms with E-state index in [-0.39, 0.29) is 5.91 Å². The van der Waals surface area contributed by atoms with Gasteiger partial charge in [0.05, 0.1) is 6.20 Å². The zero-order valence-corrected chi connectivity index (χ0v) is 14.8. The molecule has 2 aromatic rings. The number of nitrogens with zero attached hydrogens (tertiary/aromatic N) is 4. The second-order valence-electron chi connectivity index (χ2n) is 6.51. The molecule has 128 valence electrons. The summed E-state index contributed by atoms with van der Waals surface area (Å²) in [6.07, 6.45) is 1.98. The fourth-order valence-electron chi connectivity index (χ4n) is 3.27. The topological polar surface area (TPSA) is 41.4 Å². The maximum Gasteiger partial charge on any atom is 0.253 e. The van der Waals surface area contributed by atoms with Gasteiger partial charge in [-0.1, -0.05) is 17.7 Å². The summed E-state index contributed by atoms with van der Waals surface area (Å²) < 4.78 is 2.03. The van der Waals surface area contributed by atoms with E-state index in [2.05, 4.69) is 23.8 Å². The van der Waals surface area contributed by atoms with Crippen LogP contribution in [0.2, 0.25) is 0 Å². The van der Waals surface area contributed by atoms with Crippen molar-refractivity contribution in [1.82, 2.24) is 19.6 Å². The van der Waals surface area contributed by atoms with Crippen LogP contribution >= 0.6 is 0 Å². The Morgan fingerprint density at radius 1 is 1.17 bits per heavy atom. The van der Waals surface area contributed by atoms with Crippen molar-refractivity contribution in [2.24, 2.45) is 0 Å². The smallest absolute Gasteiger partial charge is 0.253 e. The lowest BCUT2D eigenvalue weighted by Gasteiger charge is -2.34. The number of piperazine rings is 1. The van der Waals surface area contributed by atoms with Gasteiger partial charge in [0.25, 0.3) is 5.91 Å². The maximum absolute atomic E-state index is 12.6. The van der Waals surface area contributed by atoms with E-state index in [9.17, 15) is 4.79 Å². The van der Waals surface area contributed by atoms with Crippen molar-refractivity contribution in [2.75, 3.05) is 26.2 Å². The van der Waals surface area contributed by atoms with Gasteiger partial charge < -0.3 is 4.90 Å². The lowest BCUT2D eigenvalue weighted by Crippen LogP contribution is -2.48. The fraction of sp³-hybridized carbons (Fsp3) is 0.474. The van der Waals surface area contributed by atoms with Gasteiger partial charge >= 0.3 is 0 Å². The van der Waals surface area contributed by atoms with E-state index < -0.39 is 0 Å². The molecule has 0 radical (unpaired) electrons. The second-order valence-corrected chi connectivity index (χ2v) is 6.51. The van der Waals surface area contributed by atoms with Crippen LogP contribution in [0, 0.1) is 13.8 Å². The fourth-order valence-corrected chi connectivity index (χ4v) is 3.27. The third-order valence-electron chi connectivity index (χ3n) is 4.82. The first-order valence-corrected chi connectivity index (χ1v) is 8.68. The van der Waals surface area contributed by atoms with Crippen LogP contribution in [0.4, 0.5) is 0 Å². The Balaban J connectivity index is 1.57. The Morgan fingerprint density at radius 2 is 1.92 bits per heavy atom. The van der Waals surface area contributed by atoms with Gasteiger partial charge in [-0.2, -0.15) is 5.10 Å². The summed E-state index contributed by atoms with van der Waals surface area (Å²) >= 11 is 0. The summed E-state index contributed by atoms with van der Waals surface area (Å²) in [5.74, 6) is 0.147. The molecule has 24 heavy (non-hydrogen) atoms. The van der Waals surface area contributed by atoms with Gasteiger partial charge in [0.1, 0.15) is 0 Å². The van der Waals surface area contributed by atoms with E-state index in [4.69, 9.17) is 0 Å². The second kappa shape index (κ2) is 7.18. The van der Waals surface area contributed by atoms with Gasteiger partial charge in [0, 0.05) is 56.1 Å². The monoisotopic (exact) mass is 326 g/mol. The average molecular weight is 326 g/mol. The van der Waals surface area contributed by atoms with Gasteiger partial charge in [-0.3, -0.25) is 14.4 Å². The molecule has 0 spiro atoms. The molecular weight excluding hydrogens is 300 g/mol. The van der Waals surface area contributed by atoms with Gasteiger partial charge in [0.2, 0.25) is 0 Å². The molecule has 5 nitrogen and oxygen atoms in total. The van der Waals surface area contributed by atoms with Crippen molar-refractivity contribution in [1.29, 1.82) is 0 Å². The van der Waals surface area contributed by atoms with Crippen molar-refractivity contribution in [3.8, 4) is 0 Å². The van der Waals surface area contributed by atoms with Crippen LogP contribution in [0.5, 0.6) is 0 Å². The molecule has 1 saturated heterocycles. The molecule has 0 atom stereocenters. The van der Waals surface area contributed by atoms with Crippen molar-refractivity contribution < 1.29 is 4.79 Å². The van der Waals surface area contributed by atoms with Crippen LogP contribution in [0.1, 0.15) is 34.1 Å². The summed E-state index contributed by atoms with van der Waals surface area (Å²) in [7, 11) is 0. The number of carbonyl (C=O) groups is 1. The third kappa shape index (κ3) is 3.51. The molecule has 1 aliphatic rings. The number of aromatic nitrogens is 2. The lowest BCUT2D eigenvalue weighted by molar-refractivity contribution is 0.0628. The first-order chi connectivity index (χ1) is 11.6. The average Bonchev–Trinajstić information content (AvgIpc) is 2.95. The molecule has 1 aromatic heterocycles. The van der Waals surface area contributed by atoms with Crippen molar-refractivity contribution in [2.45, 2.75) is 33.9 Å². The SMILES string of the molecule is CCn1ncc(CN2CCN(C(=O)c3cccc(C)c3)CC2)c1C. The molecule has 2 heterocycles. The highest BCUT2D eigenvalue weighted by Crippen LogP contribution is 2.14. The minimum atomic E-state index is 0.147. The minimum Gasteiger partial charge on any atom is -0.336 e. The number of amides is 1. The summed E-state index contributed by atoms with van der Waals surface area (Å²) in [5.41, 5.74) is 4.46. The lowest BCUT2D eigenvalue weighted by atomic mass is 10.1. The Kier molecular flexibility index (Phi) is 5.00. The number of aryl methyl sites for hydroxylation is 2. The van der Waals surface area contributed by atoms with Gasteiger partial charge in [-0.05, 0) is 32.9 Å². The predicted molar refractivity (Wildman–Crippen MR) is 95.0 cm³/mol. The molecule has 0 aliphatic carbocycles. The molecule has 5 heteroatoms. The van der Waals surface area contributed by atoms with Crippen LogP contribution in [0.15, 0.2) is 30.5 Å². The van der Waals surface area contributed by atoms with E-state index in [0.717, 1.165) is 50.4 Å². The molecule has 1 fully saturated rings. The van der Waals surface area contributed by atoms with Gasteiger partial charge in [0.15, 0.2) is 0 Å². The Bertz CT molecular complexity index is 714. The number of carbonyl (C=O) groups excluding carboxylic acids is 1. The van der Waals surface area contributed by atoms with Crippen molar-refractivity contribution >= 4 is 5.91 Å². The largest absolute Gasteiger partial charge is 0.336 e. The normalized spacial score (nSPS) is 15.7. The van der Waals surface area contributed by atoms with Crippen molar-refractivity contribution in [3.05, 3.63) is 52.8 Å². The molecule has 0 saturated carbocycles. The minimum absolute atomic E-state index is 0.147. The maximum atomic E-state index is 12.6. The molecule has 1 aliphatic heterocycles. The van der Waals surface area contributed by atoms with Crippen LogP contribution in [0.25, 0.3) is 0 Å². The zero-order chi connectivity index (χ0) is 17.1. The van der Waals surface area contributed by atoms with Gasteiger partial charge in [-0.15, -0.1) is 0 Å². The number of benzene rings is 1. The Labute approximate surface area is 143 Å². The van der Waals surface area contributed by atoms with E-state index in [0.29, 0.717) is 0 Å². The molecule has 3 rings (SSSR count). The van der Waals surface area contributed by atoms with Crippen LogP contribution < -0.4 is 0 Å². The molecule has 0 N–H and O–H groups in total. The van der Waals surface area contributed by atoms with Crippen LogP contribution in [0.3, 0.4) is 0 Å². The van der Waals surface area contributed by atoms with Crippen LogP contribution in [-0.4, -0.2) is 51.7 Å². The van der Waals surface area contributed by atoms with Crippen LogP contribution in [-0.2, 0) is 13.1 Å². The van der Waals surface area contributed by atoms with E-state index in [1.807, 2.05) is 47.0 Å². The Hall–Kier alpha value is -2.14. The third-order valence-corrected chi connectivity index (χ3v) is 4.82. The quantitative estimate of drug-likeness (QED) is 0.867. The van der Waals surface area contributed by atoms with E-state index >= 15 is 0 Å². The number of rotatable bonds is 4. The summed E-state index contributed by atoms with van der Waals surface area (Å²) in [6.45, 7) is 11.5. The summed E-state index contributed by atoms with van der Waals surface area (Å²) in [5, 5.41) is 4.42. The number of hydrogen-bond acceptors (Lipinski definition) is 3. The number of hydrogen-bond donors (Lipinski definition) is 0. The molecule has 0 bridgehead atoms. The predicted octanol–water partition coefficient (Wildman–Crippen LogP) is 2.48. The van der Waals surface area contributed by atoms with E-state index in [1.165, 1.54) is 11.3 Å². The first-order valence-electron chi connectivity index (χ1n) is 8.68. The van der Waals surface area contributed by atoms with Crippen molar-refractivity contribution in [3.63, 3.8) is 0 Å². The molecule has 1 amide bonds. The standard InChI is InChI=1S/C19H26N4O/c1-4-23-16(3)18(13-20-23)14-21-8-10-22(11-9-21)19(24)17-7-5-6-15(2)12-17/h5-7,12-13H,4,8-11,14H2,1-3H3. The molecule has 1 aromatic carbocycles. The van der Waals surface area contributed by atoms with E-state index in [1.54, 1.807) is 0 Å².